The van der Waals surface area contributed by atoms with Gasteiger partial charge in [-0.2, -0.15) is 0 Å². The summed E-state index contributed by atoms with van der Waals surface area (Å²) < 4.78 is 0. The summed E-state index contributed by atoms with van der Waals surface area (Å²) in [6, 6.07) is 11.3. The Balaban J connectivity index is 0.000000318. The highest BCUT2D eigenvalue weighted by molar-refractivity contribution is 5.93. The number of aldehydes is 1. The van der Waals surface area contributed by atoms with Crippen LogP contribution in [0.3, 0.4) is 0 Å². The summed E-state index contributed by atoms with van der Waals surface area (Å²) in [6.07, 6.45) is 7.32. The number of aromatic nitrogens is 3. The minimum absolute atomic E-state index is 0.0838. The van der Waals surface area contributed by atoms with E-state index in [1.807, 2.05) is 51.2 Å². The van der Waals surface area contributed by atoms with Crippen LogP contribution >= 0.6 is 0 Å². The zero-order valence-corrected chi connectivity index (χ0v) is 21.5. The van der Waals surface area contributed by atoms with Crippen molar-refractivity contribution >= 4 is 29.0 Å². The summed E-state index contributed by atoms with van der Waals surface area (Å²) in [6.45, 7) is 8.27. The highest BCUT2D eigenvalue weighted by atomic mass is 16.3. The van der Waals surface area contributed by atoms with E-state index in [4.69, 9.17) is 6.42 Å². The predicted octanol–water partition coefficient (Wildman–Crippen LogP) is 3.09. The second-order valence-electron chi connectivity index (χ2n) is 8.26. The first-order chi connectivity index (χ1) is 17.3. The van der Waals surface area contributed by atoms with E-state index in [1.54, 1.807) is 6.07 Å². The second-order valence-corrected chi connectivity index (χ2v) is 8.26. The number of aromatic amines is 1. The summed E-state index contributed by atoms with van der Waals surface area (Å²) >= 11 is 0. The van der Waals surface area contributed by atoms with Gasteiger partial charge in [-0.1, -0.05) is 50.1 Å². The van der Waals surface area contributed by atoms with Crippen molar-refractivity contribution in [3.8, 4) is 23.7 Å². The van der Waals surface area contributed by atoms with Gasteiger partial charge in [0.25, 0.3) is 0 Å². The fourth-order valence-electron chi connectivity index (χ4n) is 3.50. The molecule has 0 radical (unpaired) electrons. The molecule has 1 saturated heterocycles. The van der Waals surface area contributed by atoms with Gasteiger partial charge < -0.3 is 25.6 Å². The molecular weight excluding hydrogens is 456 g/mol. The van der Waals surface area contributed by atoms with E-state index in [0.29, 0.717) is 48.9 Å². The van der Waals surface area contributed by atoms with Crippen LogP contribution in [0.2, 0.25) is 0 Å². The number of aliphatic hydroxyl groups is 1. The average molecular weight is 493 g/mol. The molecule has 0 bridgehead atoms. The third kappa shape index (κ3) is 8.18. The van der Waals surface area contributed by atoms with Gasteiger partial charge in [0, 0.05) is 51.5 Å². The van der Waals surface area contributed by atoms with E-state index in [2.05, 4.69) is 36.4 Å². The van der Waals surface area contributed by atoms with E-state index in [1.165, 1.54) is 6.92 Å². The molecule has 9 nitrogen and oxygen atoms in total. The molecule has 0 atom stereocenters. The quantitative estimate of drug-likeness (QED) is 0.237. The number of terminal acetylenes is 1. The van der Waals surface area contributed by atoms with Gasteiger partial charge in [-0.25, -0.2) is 9.97 Å². The van der Waals surface area contributed by atoms with Gasteiger partial charge in [0.15, 0.2) is 12.1 Å². The number of carbonyl (C=O) groups is 2. The summed E-state index contributed by atoms with van der Waals surface area (Å²) in [5.41, 5.74) is 1.10. The standard InChI is InChI=1S/C17H17N5O2.C8H13NO.C2H6/c1-11(24)18-7-8-19-16-14-9-13(10-23)20-17(14)22-15(21-16)12-5-3-2-4-6-12;1-3-8(10)4-6-9(2)7-5-8;1-2/h2-6,9-10H,7-8H2,1H3,(H,18,24)(H2,19,20,21,22);1,10H,4-7H2,2H3;1-2H3. The number of amides is 1. The maximum Gasteiger partial charge on any atom is 0.216 e. The maximum absolute atomic E-state index is 11.0. The lowest BCUT2D eigenvalue weighted by Crippen LogP contribution is -2.41. The minimum atomic E-state index is -0.813. The number of hydrogen-bond donors (Lipinski definition) is 4. The molecule has 1 aliphatic rings. The molecule has 9 heteroatoms. The summed E-state index contributed by atoms with van der Waals surface area (Å²) in [5, 5.41) is 16.2. The first kappa shape index (κ1) is 28.5. The second kappa shape index (κ2) is 14.0. The number of benzene rings is 1. The number of likely N-dealkylation sites (tertiary alicyclic amines) is 1. The first-order valence-corrected chi connectivity index (χ1v) is 12.1. The van der Waals surface area contributed by atoms with Crippen molar-refractivity contribution in [2.75, 3.05) is 38.5 Å². The van der Waals surface area contributed by atoms with E-state index < -0.39 is 5.60 Å². The SMILES string of the molecule is C#CC1(O)CCN(C)CC1.CC.CC(=O)NCCNc1nc(-c2ccccc2)nc2[nH]c(C=O)cc12. The fourth-order valence-corrected chi connectivity index (χ4v) is 3.50. The molecule has 1 amide bonds. The average Bonchev–Trinajstić information content (AvgIpc) is 3.34. The van der Waals surface area contributed by atoms with Crippen LogP contribution < -0.4 is 10.6 Å². The Bertz CT molecular complexity index is 1160. The normalized spacial score (nSPS) is 14.3. The zero-order valence-electron chi connectivity index (χ0n) is 21.5. The molecular formula is C27H36N6O3. The fraction of sp³-hybridized carbons (Fsp3) is 0.407. The molecule has 4 N–H and O–H groups in total. The summed E-state index contributed by atoms with van der Waals surface area (Å²) in [5.74, 6) is 3.52. The number of nitrogens with one attached hydrogen (secondary N) is 3. The number of rotatable bonds is 6. The lowest BCUT2D eigenvalue weighted by molar-refractivity contribution is -0.118. The highest BCUT2D eigenvalue weighted by Gasteiger charge is 2.28. The molecule has 0 saturated carbocycles. The van der Waals surface area contributed by atoms with Gasteiger partial charge in [-0.05, 0) is 13.1 Å². The molecule has 1 aromatic carbocycles. The van der Waals surface area contributed by atoms with Gasteiger partial charge in [-0.15, -0.1) is 6.42 Å². The van der Waals surface area contributed by atoms with Crippen LogP contribution in [0.1, 0.15) is 44.1 Å². The molecule has 1 fully saturated rings. The minimum Gasteiger partial charge on any atom is -0.378 e. The van der Waals surface area contributed by atoms with Crippen LogP contribution in [0.25, 0.3) is 22.4 Å². The highest BCUT2D eigenvalue weighted by Crippen LogP contribution is 2.25. The van der Waals surface area contributed by atoms with Crippen LogP contribution in [0.4, 0.5) is 5.82 Å². The molecule has 2 aromatic heterocycles. The van der Waals surface area contributed by atoms with Gasteiger partial charge in [0.05, 0.1) is 11.1 Å². The monoisotopic (exact) mass is 492 g/mol. The molecule has 36 heavy (non-hydrogen) atoms. The lowest BCUT2D eigenvalue weighted by atomic mass is 9.93. The molecule has 3 aromatic rings. The van der Waals surface area contributed by atoms with Crippen molar-refractivity contribution in [1.82, 2.24) is 25.2 Å². The molecule has 4 rings (SSSR count). The van der Waals surface area contributed by atoms with E-state index >= 15 is 0 Å². The van der Waals surface area contributed by atoms with Crippen LogP contribution in [0.15, 0.2) is 36.4 Å². The maximum atomic E-state index is 11.0. The predicted molar refractivity (Wildman–Crippen MR) is 144 cm³/mol. The molecule has 192 valence electrons. The Morgan fingerprint density at radius 2 is 1.89 bits per heavy atom. The van der Waals surface area contributed by atoms with Crippen molar-refractivity contribution in [3.05, 3.63) is 42.1 Å². The third-order valence-corrected chi connectivity index (χ3v) is 5.54. The Hall–Kier alpha value is -3.74. The summed E-state index contributed by atoms with van der Waals surface area (Å²) in [7, 11) is 2.04. The van der Waals surface area contributed by atoms with Gasteiger partial charge in [-0.3, -0.25) is 9.59 Å². The Kier molecular flexibility index (Phi) is 11.1. The van der Waals surface area contributed by atoms with Crippen LogP contribution in [0, 0.1) is 12.3 Å². The number of fused-ring (bicyclic) bond motifs is 1. The largest absolute Gasteiger partial charge is 0.378 e. The van der Waals surface area contributed by atoms with Gasteiger partial charge >= 0.3 is 0 Å². The van der Waals surface area contributed by atoms with Crippen molar-refractivity contribution in [1.29, 1.82) is 0 Å². The van der Waals surface area contributed by atoms with Crippen LogP contribution in [-0.4, -0.2) is 76.0 Å². The van der Waals surface area contributed by atoms with Crippen molar-refractivity contribution < 1.29 is 14.7 Å². The third-order valence-electron chi connectivity index (χ3n) is 5.54. The molecule has 0 aliphatic carbocycles. The van der Waals surface area contributed by atoms with Crippen molar-refractivity contribution in [2.24, 2.45) is 0 Å². The van der Waals surface area contributed by atoms with Gasteiger partial charge in [0.1, 0.15) is 17.1 Å². The van der Waals surface area contributed by atoms with Gasteiger partial charge in [0.2, 0.25) is 5.91 Å². The molecule has 0 unspecified atom stereocenters. The van der Waals surface area contributed by atoms with Crippen molar-refractivity contribution in [2.45, 2.75) is 39.2 Å². The molecule has 1 aliphatic heterocycles. The Morgan fingerprint density at radius 3 is 2.47 bits per heavy atom. The molecule has 0 spiro atoms. The van der Waals surface area contributed by atoms with E-state index in [9.17, 15) is 14.7 Å². The topological polar surface area (TPSA) is 123 Å². The number of piperidine rings is 1. The number of hydrogen-bond acceptors (Lipinski definition) is 7. The number of anilines is 1. The lowest BCUT2D eigenvalue weighted by Gasteiger charge is -2.32. The van der Waals surface area contributed by atoms with E-state index in [-0.39, 0.29) is 5.91 Å². The van der Waals surface area contributed by atoms with Crippen molar-refractivity contribution in [3.63, 3.8) is 0 Å². The Labute approximate surface area is 212 Å². The smallest absolute Gasteiger partial charge is 0.216 e. The molecule has 3 heterocycles. The van der Waals surface area contributed by atoms with E-state index in [0.717, 1.165) is 30.3 Å². The van der Waals surface area contributed by atoms with Crippen LogP contribution in [-0.2, 0) is 4.79 Å². The zero-order chi connectivity index (χ0) is 26.6. The summed E-state index contributed by atoms with van der Waals surface area (Å²) in [4.78, 5) is 36.2. The number of H-pyrrole nitrogens is 1. The number of nitrogens with zero attached hydrogens (tertiary/aromatic N) is 3. The number of carbonyl (C=O) groups excluding carboxylic acids is 2. The first-order valence-electron chi connectivity index (χ1n) is 12.1. The van der Waals surface area contributed by atoms with Crippen LogP contribution in [0.5, 0.6) is 0 Å². The Morgan fingerprint density at radius 1 is 1.22 bits per heavy atom.